The summed E-state index contributed by atoms with van der Waals surface area (Å²) in [6.07, 6.45) is 0. The zero-order valence-electron chi connectivity index (χ0n) is 12.1. The molecular weight excluding hydrogens is 280 g/mol. The molecule has 0 atom stereocenters. The van der Waals surface area contributed by atoms with E-state index in [2.05, 4.69) is 10.3 Å². The van der Waals surface area contributed by atoms with E-state index in [1.807, 2.05) is 31.2 Å². The maximum atomic E-state index is 9.94. The Labute approximate surface area is 127 Å². The van der Waals surface area contributed by atoms with Crippen LogP contribution in [-0.4, -0.2) is 26.7 Å². The summed E-state index contributed by atoms with van der Waals surface area (Å²) in [5.74, 6) is 1.12. The number of aromatic hydroxyl groups is 1. The summed E-state index contributed by atoms with van der Waals surface area (Å²) in [6.45, 7) is 2.46. The van der Waals surface area contributed by atoms with Crippen LogP contribution in [0.3, 0.4) is 0 Å². The SMILES string of the molecule is CCOc1ccccc1-c1nnn(-c2ccccc2O)c1N. The highest BCUT2D eigenvalue weighted by atomic mass is 16.5. The number of hydrogen-bond donors (Lipinski definition) is 2. The monoisotopic (exact) mass is 296 g/mol. The Morgan fingerprint density at radius 1 is 1.14 bits per heavy atom. The quantitative estimate of drug-likeness (QED) is 0.773. The average Bonchev–Trinajstić information content (AvgIpc) is 2.90. The van der Waals surface area contributed by atoms with Crippen molar-refractivity contribution in [3.05, 3.63) is 48.5 Å². The molecule has 0 amide bonds. The van der Waals surface area contributed by atoms with Gasteiger partial charge in [-0.15, -0.1) is 5.10 Å². The molecule has 0 spiro atoms. The number of phenolic OH excluding ortho intramolecular Hbond substituents is 1. The molecule has 0 saturated carbocycles. The van der Waals surface area contributed by atoms with Crippen LogP contribution in [0.5, 0.6) is 11.5 Å². The first-order chi connectivity index (χ1) is 10.7. The number of phenols is 1. The lowest BCUT2D eigenvalue weighted by molar-refractivity contribution is 0.341. The molecule has 3 N–H and O–H groups in total. The number of hydrogen-bond acceptors (Lipinski definition) is 5. The Morgan fingerprint density at radius 3 is 2.64 bits per heavy atom. The van der Waals surface area contributed by atoms with Crippen LogP contribution in [0.2, 0.25) is 0 Å². The third kappa shape index (κ3) is 2.35. The van der Waals surface area contributed by atoms with Crippen LogP contribution in [0.1, 0.15) is 6.92 Å². The van der Waals surface area contributed by atoms with Gasteiger partial charge < -0.3 is 15.6 Å². The first-order valence-corrected chi connectivity index (χ1v) is 6.94. The molecule has 3 rings (SSSR count). The highest BCUT2D eigenvalue weighted by Gasteiger charge is 2.17. The van der Waals surface area contributed by atoms with Crippen LogP contribution in [0, 0.1) is 0 Å². The van der Waals surface area contributed by atoms with Crippen molar-refractivity contribution in [3.8, 4) is 28.4 Å². The molecule has 1 aromatic heterocycles. The van der Waals surface area contributed by atoms with Gasteiger partial charge in [-0.2, -0.15) is 4.68 Å². The molecule has 6 heteroatoms. The van der Waals surface area contributed by atoms with Crippen molar-refractivity contribution < 1.29 is 9.84 Å². The van der Waals surface area contributed by atoms with Crippen LogP contribution in [-0.2, 0) is 0 Å². The normalized spacial score (nSPS) is 10.6. The smallest absolute Gasteiger partial charge is 0.156 e. The average molecular weight is 296 g/mol. The Balaban J connectivity index is 2.11. The van der Waals surface area contributed by atoms with Crippen LogP contribution in [0.25, 0.3) is 16.9 Å². The van der Waals surface area contributed by atoms with E-state index in [0.29, 0.717) is 29.6 Å². The third-order valence-corrected chi connectivity index (χ3v) is 3.26. The maximum Gasteiger partial charge on any atom is 0.156 e. The lowest BCUT2D eigenvalue weighted by Gasteiger charge is -2.09. The zero-order chi connectivity index (χ0) is 15.5. The van der Waals surface area contributed by atoms with E-state index < -0.39 is 0 Å². The second-order valence-corrected chi connectivity index (χ2v) is 4.65. The Hall–Kier alpha value is -3.02. The minimum absolute atomic E-state index is 0.0868. The summed E-state index contributed by atoms with van der Waals surface area (Å²) < 4.78 is 7.01. The molecule has 0 radical (unpaired) electrons. The fourth-order valence-corrected chi connectivity index (χ4v) is 2.25. The fourth-order valence-electron chi connectivity index (χ4n) is 2.25. The van der Waals surface area contributed by atoms with Gasteiger partial charge in [0.2, 0.25) is 0 Å². The molecule has 112 valence electrons. The number of anilines is 1. The predicted molar refractivity (Wildman–Crippen MR) is 84.0 cm³/mol. The predicted octanol–water partition coefficient (Wildman–Crippen LogP) is 2.62. The van der Waals surface area contributed by atoms with Gasteiger partial charge >= 0.3 is 0 Å². The summed E-state index contributed by atoms with van der Waals surface area (Å²) in [5, 5.41) is 18.1. The fraction of sp³-hybridized carbons (Fsp3) is 0.125. The first-order valence-electron chi connectivity index (χ1n) is 6.94. The minimum atomic E-state index is 0.0868. The first kappa shape index (κ1) is 13.9. The van der Waals surface area contributed by atoms with E-state index in [1.165, 1.54) is 4.68 Å². The molecule has 6 nitrogen and oxygen atoms in total. The lowest BCUT2D eigenvalue weighted by atomic mass is 10.1. The number of para-hydroxylation sites is 3. The van der Waals surface area contributed by atoms with Gasteiger partial charge in [-0.1, -0.05) is 29.5 Å². The van der Waals surface area contributed by atoms with Gasteiger partial charge in [-0.05, 0) is 31.2 Å². The van der Waals surface area contributed by atoms with Crippen LogP contribution in [0.15, 0.2) is 48.5 Å². The lowest BCUT2D eigenvalue weighted by Crippen LogP contribution is -2.03. The van der Waals surface area contributed by atoms with Gasteiger partial charge in [0.1, 0.15) is 22.9 Å². The molecule has 0 aliphatic rings. The molecule has 0 aliphatic carbocycles. The third-order valence-electron chi connectivity index (χ3n) is 3.26. The van der Waals surface area contributed by atoms with E-state index >= 15 is 0 Å². The molecule has 0 aliphatic heterocycles. The number of nitrogens with zero attached hydrogens (tertiary/aromatic N) is 3. The number of aromatic nitrogens is 3. The number of nitrogens with two attached hydrogens (primary N) is 1. The highest BCUT2D eigenvalue weighted by molar-refractivity contribution is 5.76. The van der Waals surface area contributed by atoms with E-state index in [1.54, 1.807) is 24.3 Å². The summed E-state index contributed by atoms with van der Waals surface area (Å²) in [6, 6.07) is 14.3. The van der Waals surface area contributed by atoms with E-state index in [0.717, 1.165) is 5.56 Å². The Morgan fingerprint density at radius 2 is 1.86 bits per heavy atom. The molecule has 2 aromatic carbocycles. The van der Waals surface area contributed by atoms with Crippen molar-refractivity contribution in [2.75, 3.05) is 12.3 Å². The molecule has 0 unspecified atom stereocenters. The van der Waals surface area contributed by atoms with Gasteiger partial charge in [0.05, 0.1) is 6.61 Å². The largest absolute Gasteiger partial charge is 0.506 e. The summed E-state index contributed by atoms with van der Waals surface area (Å²) >= 11 is 0. The van der Waals surface area contributed by atoms with Gasteiger partial charge in [0.25, 0.3) is 0 Å². The molecule has 1 heterocycles. The van der Waals surface area contributed by atoms with Crippen LogP contribution < -0.4 is 10.5 Å². The highest BCUT2D eigenvalue weighted by Crippen LogP contribution is 2.34. The van der Waals surface area contributed by atoms with Gasteiger partial charge in [0, 0.05) is 5.56 Å². The molecule has 0 fully saturated rings. The van der Waals surface area contributed by atoms with Gasteiger partial charge in [0.15, 0.2) is 5.82 Å². The van der Waals surface area contributed by atoms with E-state index in [4.69, 9.17) is 10.5 Å². The summed E-state index contributed by atoms with van der Waals surface area (Å²) in [7, 11) is 0. The van der Waals surface area contributed by atoms with Crippen molar-refractivity contribution in [1.29, 1.82) is 0 Å². The number of benzene rings is 2. The van der Waals surface area contributed by atoms with Crippen molar-refractivity contribution in [1.82, 2.24) is 15.0 Å². The number of rotatable bonds is 4. The Kier molecular flexibility index (Phi) is 3.65. The van der Waals surface area contributed by atoms with Crippen molar-refractivity contribution in [3.63, 3.8) is 0 Å². The van der Waals surface area contributed by atoms with Crippen LogP contribution >= 0.6 is 0 Å². The van der Waals surface area contributed by atoms with E-state index in [-0.39, 0.29) is 5.75 Å². The summed E-state index contributed by atoms with van der Waals surface area (Å²) in [5.41, 5.74) is 7.94. The minimum Gasteiger partial charge on any atom is -0.506 e. The van der Waals surface area contributed by atoms with Gasteiger partial charge in [-0.25, -0.2) is 0 Å². The molecule has 0 saturated heterocycles. The maximum absolute atomic E-state index is 9.94. The van der Waals surface area contributed by atoms with Crippen molar-refractivity contribution in [2.24, 2.45) is 0 Å². The Bertz CT molecular complexity index is 798. The van der Waals surface area contributed by atoms with Gasteiger partial charge in [-0.3, -0.25) is 0 Å². The number of ether oxygens (including phenoxy) is 1. The molecule has 0 bridgehead atoms. The van der Waals surface area contributed by atoms with E-state index in [9.17, 15) is 5.11 Å². The second kappa shape index (κ2) is 5.77. The summed E-state index contributed by atoms with van der Waals surface area (Å²) in [4.78, 5) is 0. The topological polar surface area (TPSA) is 86.2 Å². The standard InChI is InChI=1S/C16H16N4O2/c1-2-22-14-10-6-3-7-11(14)15-16(17)20(19-18-15)12-8-4-5-9-13(12)21/h3-10,21H,2,17H2,1H3. The molecular formula is C16H16N4O2. The molecule has 22 heavy (non-hydrogen) atoms. The second-order valence-electron chi connectivity index (χ2n) is 4.65. The zero-order valence-corrected chi connectivity index (χ0v) is 12.1. The van der Waals surface area contributed by atoms with Crippen molar-refractivity contribution >= 4 is 5.82 Å². The number of nitrogen functional groups attached to an aromatic ring is 1. The molecule has 3 aromatic rings. The van der Waals surface area contributed by atoms with Crippen molar-refractivity contribution in [2.45, 2.75) is 6.92 Å². The van der Waals surface area contributed by atoms with Crippen LogP contribution in [0.4, 0.5) is 5.82 Å².